The number of ether oxygens (including phenoxy) is 2. The number of likely N-dealkylation sites (N-methyl/N-ethyl adjacent to an activating group) is 1. The average Bonchev–Trinajstić information content (AvgIpc) is 2.99. The molecule has 0 N–H and O–H groups in total. The molecule has 1 fully saturated rings. The standard InChI is InChI=1S/C18H25N3O3/c1-12-6-5-7-15(14(12)3)22-9-8-17-19-20-18(24-17)16-11-21(4)10-13(2)23-16/h5-7,13,16H,8-11H2,1-4H3/t13-,16-/m1/s1. The lowest BCUT2D eigenvalue weighted by molar-refractivity contribution is -0.0826. The zero-order valence-electron chi connectivity index (χ0n) is 14.8. The molecule has 0 saturated carbocycles. The molecule has 1 aromatic carbocycles. The number of nitrogens with zero attached hydrogens (tertiary/aromatic N) is 3. The lowest BCUT2D eigenvalue weighted by Gasteiger charge is -2.32. The van der Waals surface area contributed by atoms with Gasteiger partial charge in [-0.25, -0.2) is 0 Å². The van der Waals surface area contributed by atoms with Crippen molar-refractivity contribution in [1.29, 1.82) is 0 Å². The summed E-state index contributed by atoms with van der Waals surface area (Å²) in [6.45, 7) is 8.39. The second-order valence-electron chi connectivity index (χ2n) is 6.49. The Kier molecular flexibility index (Phi) is 5.16. The molecule has 2 aromatic rings. The van der Waals surface area contributed by atoms with Crippen LogP contribution in [0.3, 0.4) is 0 Å². The van der Waals surface area contributed by atoms with Crippen LogP contribution in [0.15, 0.2) is 22.6 Å². The summed E-state index contributed by atoms with van der Waals surface area (Å²) in [5.74, 6) is 2.04. The molecule has 2 atom stereocenters. The number of aromatic nitrogens is 2. The molecule has 6 nitrogen and oxygen atoms in total. The maximum absolute atomic E-state index is 5.89. The number of hydrogen-bond donors (Lipinski definition) is 0. The minimum Gasteiger partial charge on any atom is -0.493 e. The molecule has 0 bridgehead atoms. The molecular formula is C18H25N3O3. The first-order valence-corrected chi connectivity index (χ1v) is 8.38. The number of morpholine rings is 1. The van der Waals surface area contributed by atoms with Crippen molar-refractivity contribution in [2.45, 2.75) is 39.4 Å². The van der Waals surface area contributed by atoms with E-state index in [-0.39, 0.29) is 12.2 Å². The fraction of sp³-hybridized carbons (Fsp3) is 0.556. The van der Waals surface area contributed by atoms with Gasteiger partial charge in [-0.15, -0.1) is 10.2 Å². The minimum absolute atomic E-state index is 0.153. The van der Waals surface area contributed by atoms with Crippen LogP contribution in [0.1, 0.15) is 35.9 Å². The zero-order valence-corrected chi connectivity index (χ0v) is 14.8. The molecule has 0 amide bonds. The first-order chi connectivity index (χ1) is 11.5. The molecule has 0 unspecified atom stereocenters. The van der Waals surface area contributed by atoms with Gasteiger partial charge in [0.05, 0.1) is 19.1 Å². The number of benzene rings is 1. The van der Waals surface area contributed by atoms with Crippen molar-refractivity contribution in [2.24, 2.45) is 0 Å². The quantitative estimate of drug-likeness (QED) is 0.839. The maximum Gasteiger partial charge on any atom is 0.246 e. The van der Waals surface area contributed by atoms with Crippen molar-refractivity contribution in [3.63, 3.8) is 0 Å². The van der Waals surface area contributed by atoms with E-state index in [2.05, 4.69) is 49.0 Å². The van der Waals surface area contributed by atoms with Gasteiger partial charge in [0.15, 0.2) is 0 Å². The fourth-order valence-corrected chi connectivity index (χ4v) is 2.93. The highest BCUT2D eigenvalue weighted by atomic mass is 16.5. The van der Waals surface area contributed by atoms with E-state index in [0.717, 1.165) is 24.4 Å². The van der Waals surface area contributed by atoms with Crippen molar-refractivity contribution in [2.75, 3.05) is 26.7 Å². The van der Waals surface area contributed by atoms with Crippen LogP contribution in [0.5, 0.6) is 5.75 Å². The van der Waals surface area contributed by atoms with E-state index in [9.17, 15) is 0 Å². The van der Waals surface area contributed by atoms with Gasteiger partial charge in [0, 0.05) is 13.1 Å². The van der Waals surface area contributed by atoms with Crippen LogP contribution in [-0.4, -0.2) is 47.9 Å². The van der Waals surface area contributed by atoms with Gasteiger partial charge in [-0.05, 0) is 45.0 Å². The molecule has 6 heteroatoms. The van der Waals surface area contributed by atoms with Gasteiger partial charge in [0.2, 0.25) is 11.8 Å². The van der Waals surface area contributed by atoms with Crippen LogP contribution >= 0.6 is 0 Å². The van der Waals surface area contributed by atoms with Gasteiger partial charge in [0.25, 0.3) is 0 Å². The van der Waals surface area contributed by atoms with Crippen molar-refractivity contribution >= 4 is 0 Å². The van der Waals surface area contributed by atoms with Crippen LogP contribution in [-0.2, 0) is 11.2 Å². The van der Waals surface area contributed by atoms with Gasteiger partial charge in [-0.3, -0.25) is 0 Å². The Balaban J connectivity index is 1.55. The summed E-state index contributed by atoms with van der Waals surface area (Å²) >= 11 is 0. The molecule has 1 aromatic heterocycles. The number of rotatable bonds is 5. The van der Waals surface area contributed by atoms with Crippen molar-refractivity contribution in [3.8, 4) is 5.75 Å². The first kappa shape index (κ1) is 16.9. The zero-order chi connectivity index (χ0) is 17.1. The van der Waals surface area contributed by atoms with E-state index in [4.69, 9.17) is 13.9 Å². The molecule has 3 rings (SSSR count). The number of hydrogen-bond acceptors (Lipinski definition) is 6. The molecule has 1 aliphatic rings. The third kappa shape index (κ3) is 3.94. The molecule has 24 heavy (non-hydrogen) atoms. The largest absolute Gasteiger partial charge is 0.493 e. The fourth-order valence-electron chi connectivity index (χ4n) is 2.93. The molecule has 0 spiro atoms. The van der Waals surface area contributed by atoms with Gasteiger partial charge in [0.1, 0.15) is 11.9 Å². The molecular weight excluding hydrogens is 306 g/mol. The highest BCUT2D eigenvalue weighted by molar-refractivity contribution is 5.38. The van der Waals surface area contributed by atoms with E-state index >= 15 is 0 Å². The van der Waals surface area contributed by atoms with Crippen molar-refractivity contribution in [1.82, 2.24) is 15.1 Å². The summed E-state index contributed by atoms with van der Waals surface area (Å²) < 4.78 is 17.5. The van der Waals surface area contributed by atoms with Crippen LogP contribution in [0.4, 0.5) is 0 Å². The average molecular weight is 331 g/mol. The Morgan fingerprint density at radius 1 is 1.25 bits per heavy atom. The van der Waals surface area contributed by atoms with E-state index < -0.39 is 0 Å². The highest BCUT2D eigenvalue weighted by Crippen LogP contribution is 2.24. The van der Waals surface area contributed by atoms with Crippen molar-refractivity contribution in [3.05, 3.63) is 41.1 Å². The van der Waals surface area contributed by atoms with Crippen LogP contribution in [0.2, 0.25) is 0 Å². The number of aryl methyl sites for hydroxylation is 1. The van der Waals surface area contributed by atoms with Crippen LogP contribution in [0.25, 0.3) is 0 Å². The van der Waals surface area contributed by atoms with E-state index in [1.165, 1.54) is 5.56 Å². The van der Waals surface area contributed by atoms with Gasteiger partial charge in [-0.2, -0.15) is 0 Å². The monoisotopic (exact) mass is 331 g/mol. The third-order valence-corrected chi connectivity index (χ3v) is 4.33. The Bertz CT molecular complexity index is 676. The second-order valence-corrected chi connectivity index (χ2v) is 6.49. The van der Waals surface area contributed by atoms with Gasteiger partial charge in [-0.1, -0.05) is 12.1 Å². The molecule has 0 radical (unpaired) electrons. The summed E-state index contributed by atoms with van der Waals surface area (Å²) in [6, 6.07) is 6.06. The Labute approximate surface area is 142 Å². The Hall–Kier alpha value is -1.92. The summed E-state index contributed by atoms with van der Waals surface area (Å²) in [7, 11) is 2.07. The Morgan fingerprint density at radius 2 is 2.08 bits per heavy atom. The summed E-state index contributed by atoms with van der Waals surface area (Å²) in [5.41, 5.74) is 2.39. The molecule has 130 valence electrons. The van der Waals surface area contributed by atoms with Crippen LogP contribution in [0, 0.1) is 13.8 Å². The summed E-state index contributed by atoms with van der Waals surface area (Å²) in [6.07, 6.45) is 0.593. The molecule has 0 aliphatic carbocycles. The van der Waals surface area contributed by atoms with E-state index in [1.54, 1.807) is 0 Å². The smallest absolute Gasteiger partial charge is 0.246 e. The highest BCUT2D eigenvalue weighted by Gasteiger charge is 2.28. The summed E-state index contributed by atoms with van der Waals surface area (Å²) in [5, 5.41) is 8.26. The SMILES string of the molecule is Cc1cccc(OCCc2nnc([C@H]3CN(C)C[C@@H](C)O3)o2)c1C. The van der Waals surface area contributed by atoms with E-state index in [1.807, 2.05) is 12.1 Å². The summed E-state index contributed by atoms with van der Waals surface area (Å²) in [4.78, 5) is 2.21. The predicted octanol–water partition coefficient (Wildman–Crippen LogP) is 2.70. The lowest BCUT2D eigenvalue weighted by atomic mass is 10.1. The first-order valence-electron chi connectivity index (χ1n) is 8.38. The molecule has 1 saturated heterocycles. The molecule has 2 heterocycles. The lowest BCUT2D eigenvalue weighted by Crippen LogP contribution is -2.40. The van der Waals surface area contributed by atoms with E-state index in [0.29, 0.717) is 24.8 Å². The second kappa shape index (κ2) is 7.32. The predicted molar refractivity (Wildman–Crippen MR) is 90.2 cm³/mol. The van der Waals surface area contributed by atoms with Crippen LogP contribution < -0.4 is 4.74 Å². The topological polar surface area (TPSA) is 60.6 Å². The van der Waals surface area contributed by atoms with Crippen molar-refractivity contribution < 1.29 is 13.9 Å². The molecule has 1 aliphatic heterocycles. The minimum atomic E-state index is -0.153. The normalized spacial score (nSPS) is 21.8. The third-order valence-electron chi connectivity index (χ3n) is 4.33. The maximum atomic E-state index is 5.89. The van der Waals surface area contributed by atoms with Gasteiger partial charge >= 0.3 is 0 Å². The Morgan fingerprint density at radius 3 is 2.88 bits per heavy atom. The van der Waals surface area contributed by atoms with Gasteiger partial charge < -0.3 is 18.8 Å².